The summed E-state index contributed by atoms with van der Waals surface area (Å²) < 4.78 is 33.6. The van der Waals surface area contributed by atoms with Crippen molar-refractivity contribution in [3.8, 4) is 22.6 Å². The van der Waals surface area contributed by atoms with Crippen molar-refractivity contribution in [3.05, 3.63) is 75.7 Å². The summed E-state index contributed by atoms with van der Waals surface area (Å²) in [7, 11) is 0. The molecule has 10 nitrogen and oxygen atoms in total. The Hall–Kier alpha value is -4.58. The molecule has 4 aromatic rings. The van der Waals surface area contributed by atoms with Crippen molar-refractivity contribution in [2.75, 3.05) is 36.4 Å². The van der Waals surface area contributed by atoms with Crippen LogP contribution in [0.15, 0.2) is 42.0 Å². The summed E-state index contributed by atoms with van der Waals surface area (Å²) in [4.78, 5) is 44.1. The number of hydrogen-bond donors (Lipinski definition) is 2. The van der Waals surface area contributed by atoms with E-state index in [0.29, 0.717) is 43.1 Å². The number of phenols is 1. The number of nitrogens with one attached hydrogen (secondary N) is 1. The second-order valence-electron chi connectivity index (χ2n) is 12.1. The highest BCUT2D eigenvalue weighted by Crippen LogP contribution is 2.49. The van der Waals surface area contributed by atoms with E-state index in [1.165, 1.54) is 29.1 Å². The van der Waals surface area contributed by atoms with E-state index in [1.54, 1.807) is 4.90 Å². The molecule has 1 fully saturated rings. The minimum atomic E-state index is -0.900. The second kappa shape index (κ2) is 12.0. The van der Waals surface area contributed by atoms with Gasteiger partial charge >= 0.3 is 5.69 Å². The zero-order valence-electron chi connectivity index (χ0n) is 25.9. The first-order valence-corrected chi connectivity index (χ1v) is 15.6. The molecule has 1 unspecified atom stereocenters. The topological polar surface area (TPSA) is 116 Å². The van der Waals surface area contributed by atoms with Crippen LogP contribution < -0.4 is 15.9 Å². The average molecular weight is 650 g/mol. The molecule has 6 rings (SSSR count). The zero-order valence-corrected chi connectivity index (χ0v) is 26.7. The van der Waals surface area contributed by atoms with Gasteiger partial charge in [-0.05, 0) is 36.5 Å². The Morgan fingerprint density at radius 3 is 2.46 bits per heavy atom. The number of piperazine rings is 1. The number of carbonyl (C=O) groups excluding carboxylic acids is 1. The van der Waals surface area contributed by atoms with Crippen molar-refractivity contribution in [2.24, 2.45) is 0 Å². The molecule has 4 heterocycles. The Kier molecular flexibility index (Phi) is 8.18. The number of aromatic hydroxyl groups is 1. The molecule has 0 spiro atoms. The molecule has 1 saturated heterocycles. The number of fused-ring (bicyclic) bond motifs is 2. The van der Waals surface area contributed by atoms with Gasteiger partial charge in [0.25, 0.3) is 0 Å². The third kappa shape index (κ3) is 4.95. The summed E-state index contributed by atoms with van der Waals surface area (Å²) in [6.07, 6.45) is 3.17. The molecule has 1 amide bonds. The Morgan fingerprint density at radius 1 is 1.13 bits per heavy atom. The lowest BCUT2D eigenvalue weighted by atomic mass is 9.96. The lowest BCUT2D eigenvalue weighted by Crippen LogP contribution is -2.56. The highest BCUT2D eigenvalue weighted by molar-refractivity contribution is 6.39. The number of rotatable bonds is 5. The van der Waals surface area contributed by atoms with Crippen LogP contribution in [0, 0.1) is 11.6 Å². The molecule has 13 heteroatoms. The predicted octanol–water partition coefficient (Wildman–Crippen LogP) is 5.75. The first-order valence-electron chi connectivity index (χ1n) is 15.2. The predicted molar refractivity (Wildman–Crippen MR) is 174 cm³/mol. The summed E-state index contributed by atoms with van der Waals surface area (Å²) in [5, 5.41) is 13.9. The highest BCUT2D eigenvalue weighted by Gasteiger charge is 2.37. The van der Waals surface area contributed by atoms with Gasteiger partial charge in [-0.15, -0.1) is 0 Å². The van der Waals surface area contributed by atoms with Crippen LogP contribution >= 0.6 is 11.6 Å². The quantitative estimate of drug-likeness (QED) is 0.263. The molecule has 0 aliphatic carbocycles. The van der Waals surface area contributed by atoms with Gasteiger partial charge in [-0.25, -0.2) is 23.5 Å². The smallest absolute Gasteiger partial charge is 0.354 e. The molecule has 1 atom stereocenters. The Balaban J connectivity index is 1.79. The average Bonchev–Trinajstić information content (AvgIpc) is 3.01. The van der Waals surface area contributed by atoms with Crippen LogP contribution in [0.3, 0.4) is 0 Å². The lowest BCUT2D eigenvalue weighted by Gasteiger charge is -2.43. The number of halogens is 3. The van der Waals surface area contributed by atoms with Gasteiger partial charge in [-0.2, -0.15) is 4.98 Å². The molecule has 0 radical (unpaired) electrons. The minimum absolute atomic E-state index is 0.0367. The van der Waals surface area contributed by atoms with Gasteiger partial charge in [-0.3, -0.25) is 9.36 Å². The van der Waals surface area contributed by atoms with Crippen molar-refractivity contribution in [2.45, 2.75) is 52.0 Å². The maximum atomic E-state index is 16.9. The van der Waals surface area contributed by atoms with Gasteiger partial charge in [0.2, 0.25) is 5.91 Å². The van der Waals surface area contributed by atoms with Crippen molar-refractivity contribution in [1.29, 1.82) is 0 Å². The van der Waals surface area contributed by atoms with Crippen LogP contribution in [0.4, 0.5) is 20.3 Å². The van der Waals surface area contributed by atoms with Gasteiger partial charge in [0.15, 0.2) is 5.82 Å². The van der Waals surface area contributed by atoms with Crippen molar-refractivity contribution in [1.82, 2.24) is 24.4 Å². The zero-order chi connectivity index (χ0) is 33.0. The molecule has 0 saturated carbocycles. The standard InChI is InChI=1S/C33H34ClF2N7O3/c1-6-21(45)41-12-13-42-18(14-41)10-11-37-29-24-30(25(34)23(26(29)36)22-19(35)8-7-9-20(22)44)43(33(46)40-32(24)42)31-27(16(2)3)38-15-39-28(31)17(4)5/h6-9,15-18,37,44H,1,10-14H2,2-5H3. The third-order valence-corrected chi connectivity index (χ3v) is 9.02. The molecular formula is C33H34ClF2N7O3. The molecule has 2 aromatic carbocycles. The maximum absolute atomic E-state index is 16.9. The van der Waals surface area contributed by atoms with Gasteiger partial charge in [0, 0.05) is 37.8 Å². The number of benzene rings is 2. The first-order chi connectivity index (χ1) is 22.0. The molecule has 2 aromatic heterocycles. The number of amides is 1. The first kappa shape index (κ1) is 31.4. The fourth-order valence-corrected chi connectivity index (χ4v) is 6.87. The van der Waals surface area contributed by atoms with E-state index in [9.17, 15) is 14.7 Å². The van der Waals surface area contributed by atoms with Crippen LogP contribution in [-0.2, 0) is 4.79 Å². The summed E-state index contributed by atoms with van der Waals surface area (Å²) >= 11 is 7.14. The summed E-state index contributed by atoms with van der Waals surface area (Å²) in [6.45, 7) is 12.6. The van der Waals surface area contributed by atoms with E-state index in [2.05, 4.69) is 26.8 Å². The van der Waals surface area contributed by atoms with Gasteiger partial charge in [-0.1, -0.05) is 51.9 Å². The number of anilines is 2. The van der Waals surface area contributed by atoms with Crippen LogP contribution in [0.25, 0.3) is 27.7 Å². The summed E-state index contributed by atoms with van der Waals surface area (Å²) in [5.74, 6) is -2.66. The highest BCUT2D eigenvalue weighted by atomic mass is 35.5. The molecule has 46 heavy (non-hydrogen) atoms. The van der Waals surface area contributed by atoms with Crippen LogP contribution in [-0.4, -0.2) is 67.7 Å². The fourth-order valence-electron chi connectivity index (χ4n) is 6.51. The van der Waals surface area contributed by atoms with Gasteiger partial charge < -0.3 is 20.2 Å². The molecule has 2 aliphatic heterocycles. The largest absolute Gasteiger partial charge is 0.507 e. The molecule has 2 aliphatic rings. The second-order valence-corrected chi connectivity index (χ2v) is 12.5. The van der Waals surface area contributed by atoms with Crippen molar-refractivity contribution in [3.63, 3.8) is 0 Å². The van der Waals surface area contributed by atoms with E-state index in [1.807, 2.05) is 32.6 Å². The molecular weight excluding hydrogens is 616 g/mol. The SMILES string of the molecule is C=CC(=O)N1CCN2c3nc(=O)n(-c4c(C(C)C)ncnc4C(C)C)c4c(Cl)c(-c5c(O)cccc5F)c(F)c(c34)NCCC2C1. The van der Waals surface area contributed by atoms with Gasteiger partial charge in [0.05, 0.1) is 44.3 Å². The molecule has 0 bridgehead atoms. The fraction of sp³-hybridized carbons (Fsp3) is 0.364. The van der Waals surface area contributed by atoms with E-state index in [0.717, 1.165) is 6.07 Å². The van der Waals surface area contributed by atoms with E-state index in [4.69, 9.17) is 11.6 Å². The Morgan fingerprint density at radius 2 is 1.83 bits per heavy atom. The van der Waals surface area contributed by atoms with E-state index >= 15 is 8.78 Å². The number of hydrogen-bond acceptors (Lipinski definition) is 8. The Bertz CT molecular complexity index is 1920. The third-order valence-electron chi connectivity index (χ3n) is 8.65. The van der Waals surface area contributed by atoms with Crippen LogP contribution in [0.2, 0.25) is 5.02 Å². The normalized spacial score (nSPS) is 16.3. The Labute approximate surface area is 269 Å². The number of nitrogens with zero attached hydrogens (tertiary/aromatic N) is 6. The minimum Gasteiger partial charge on any atom is -0.507 e. The van der Waals surface area contributed by atoms with Gasteiger partial charge in [0.1, 0.15) is 23.7 Å². The maximum Gasteiger partial charge on any atom is 0.354 e. The van der Waals surface area contributed by atoms with Crippen LogP contribution in [0.1, 0.15) is 57.3 Å². The summed E-state index contributed by atoms with van der Waals surface area (Å²) in [6, 6.07) is 3.38. The van der Waals surface area contributed by atoms with Crippen molar-refractivity contribution < 1.29 is 18.7 Å². The monoisotopic (exact) mass is 649 g/mol. The number of phenolic OH excluding ortho intramolecular Hbond substituents is 1. The van der Waals surface area contributed by atoms with Crippen LogP contribution in [0.5, 0.6) is 5.75 Å². The van der Waals surface area contributed by atoms with E-state index in [-0.39, 0.29) is 57.8 Å². The number of carbonyl (C=O) groups is 1. The molecule has 2 N–H and O–H groups in total. The summed E-state index contributed by atoms with van der Waals surface area (Å²) in [5.41, 5.74) is -0.0616. The number of aromatic nitrogens is 4. The van der Waals surface area contributed by atoms with E-state index < -0.39 is 34.2 Å². The lowest BCUT2D eigenvalue weighted by molar-refractivity contribution is -0.126. The molecule has 240 valence electrons. The van der Waals surface area contributed by atoms with Crippen molar-refractivity contribution >= 4 is 39.9 Å².